The van der Waals surface area contributed by atoms with Gasteiger partial charge in [0.05, 0.1) is 4.47 Å². The van der Waals surface area contributed by atoms with Crippen molar-refractivity contribution in [2.75, 3.05) is 11.9 Å². The molecule has 2 rings (SSSR count). The summed E-state index contributed by atoms with van der Waals surface area (Å²) in [6, 6.07) is 12.7. The Kier molecular flexibility index (Phi) is 7.85. The molecule has 0 radical (unpaired) electrons. The van der Waals surface area contributed by atoms with Crippen LogP contribution in [0.4, 0.5) is 5.69 Å². The van der Waals surface area contributed by atoms with Crippen molar-refractivity contribution in [3.8, 4) is 5.75 Å². The van der Waals surface area contributed by atoms with E-state index in [1.807, 2.05) is 32.0 Å². The van der Waals surface area contributed by atoms with Gasteiger partial charge in [0.15, 0.2) is 6.61 Å². The molecule has 0 aliphatic heterocycles. The number of anilines is 1. The maximum Gasteiger partial charge on any atom is 0.262 e. The number of amides is 2. The third-order valence-electron chi connectivity index (χ3n) is 4.16. The summed E-state index contributed by atoms with van der Waals surface area (Å²) in [6.07, 6.45) is 1.79. The number of benzene rings is 2. The van der Waals surface area contributed by atoms with E-state index >= 15 is 0 Å². The summed E-state index contributed by atoms with van der Waals surface area (Å²) >= 11 is 3.45. The Morgan fingerprint density at radius 2 is 1.93 bits per heavy atom. The molecule has 0 aliphatic carbocycles. The highest BCUT2D eigenvalue weighted by molar-refractivity contribution is 9.10. The Hall–Kier alpha value is -2.34. The number of hydrogen-bond donors (Lipinski definition) is 2. The summed E-state index contributed by atoms with van der Waals surface area (Å²) in [7, 11) is 0. The molecule has 0 spiro atoms. The van der Waals surface area contributed by atoms with Gasteiger partial charge < -0.3 is 15.4 Å². The molecule has 1 unspecified atom stereocenters. The van der Waals surface area contributed by atoms with Gasteiger partial charge in [-0.2, -0.15) is 0 Å². The lowest BCUT2D eigenvalue weighted by Gasteiger charge is -2.13. The second-order valence-electron chi connectivity index (χ2n) is 6.32. The van der Waals surface area contributed by atoms with Crippen LogP contribution in [-0.2, 0) is 11.2 Å². The normalized spacial score (nSPS) is 11.6. The minimum absolute atomic E-state index is 0.0988. The van der Waals surface area contributed by atoms with E-state index in [1.165, 1.54) is 5.56 Å². The number of aryl methyl sites for hydroxylation is 1. The third-order valence-corrected chi connectivity index (χ3v) is 4.78. The lowest BCUT2D eigenvalue weighted by molar-refractivity contribution is -0.118. The monoisotopic (exact) mass is 432 g/mol. The average Bonchev–Trinajstić information content (AvgIpc) is 2.66. The molecule has 2 amide bonds. The molecule has 144 valence electrons. The molecule has 2 aromatic carbocycles. The van der Waals surface area contributed by atoms with Crippen LogP contribution in [0.2, 0.25) is 0 Å². The van der Waals surface area contributed by atoms with Gasteiger partial charge in [-0.05, 0) is 71.6 Å². The Balaban J connectivity index is 1.94. The molecule has 0 bridgehead atoms. The van der Waals surface area contributed by atoms with Gasteiger partial charge in [-0.3, -0.25) is 9.59 Å². The second kappa shape index (κ2) is 10.1. The van der Waals surface area contributed by atoms with Gasteiger partial charge in [-0.25, -0.2) is 0 Å². The Labute approximate surface area is 168 Å². The van der Waals surface area contributed by atoms with Crippen LogP contribution in [0.25, 0.3) is 0 Å². The number of rotatable bonds is 8. The molecular weight excluding hydrogens is 408 g/mol. The molecule has 2 aromatic rings. The Bertz CT molecular complexity index is 808. The van der Waals surface area contributed by atoms with Crippen molar-refractivity contribution < 1.29 is 14.3 Å². The minimum Gasteiger partial charge on any atom is -0.483 e. The zero-order valence-electron chi connectivity index (χ0n) is 15.8. The van der Waals surface area contributed by atoms with Crippen molar-refractivity contribution in [1.29, 1.82) is 0 Å². The van der Waals surface area contributed by atoms with Crippen LogP contribution in [0.3, 0.4) is 0 Å². The highest BCUT2D eigenvalue weighted by Gasteiger charge is 2.11. The van der Waals surface area contributed by atoms with Gasteiger partial charge in [-0.1, -0.05) is 26.0 Å². The van der Waals surface area contributed by atoms with Crippen molar-refractivity contribution in [1.82, 2.24) is 5.32 Å². The zero-order chi connectivity index (χ0) is 19.8. The standard InChI is InChI=1S/C21H25BrN2O3/c1-4-14(3)23-21(26)16-7-6-8-17(12-16)24-20(25)13-27-19-10-9-15(5-2)11-18(19)22/h6-12,14H,4-5,13H2,1-3H3,(H,23,26)(H,24,25). The van der Waals surface area contributed by atoms with Crippen LogP contribution in [0.1, 0.15) is 43.1 Å². The van der Waals surface area contributed by atoms with E-state index in [4.69, 9.17) is 4.74 Å². The summed E-state index contributed by atoms with van der Waals surface area (Å²) in [6.45, 7) is 5.92. The van der Waals surface area contributed by atoms with E-state index < -0.39 is 0 Å². The van der Waals surface area contributed by atoms with Gasteiger partial charge in [0, 0.05) is 17.3 Å². The van der Waals surface area contributed by atoms with Crippen molar-refractivity contribution in [3.63, 3.8) is 0 Å². The van der Waals surface area contributed by atoms with Gasteiger partial charge in [0.25, 0.3) is 11.8 Å². The van der Waals surface area contributed by atoms with Gasteiger partial charge in [0.2, 0.25) is 0 Å². The van der Waals surface area contributed by atoms with E-state index in [1.54, 1.807) is 24.3 Å². The lowest BCUT2D eigenvalue weighted by atomic mass is 10.1. The SMILES string of the molecule is CCc1ccc(OCC(=O)Nc2cccc(C(=O)NC(C)CC)c2)c(Br)c1. The number of carbonyl (C=O) groups is 2. The Morgan fingerprint density at radius 1 is 1.15 bits per heavy atom. The van der Waals surface area contributed by atoms with Crippen LogP contribution in [0.15, 0.2) is 46.9 Å². The molecule has 5 nitrogen and oxygen atoms in total. The summed E-state index contributed by atoms with van der Waals surface area (Å²) in [5.41, 5.74) is 2.25. The van der Waals surface area contributed by atoms with E-state index in [0.717, 1.165) is 17.3 Å². The molecule has 0 aromatic heterocycles. The van der Waals surface area contributed by atoms with E-state index in [2.05, 4.69) is 33.5 Å². The molecule has 0 saturated carbocycles. The maximum atomic E-state index is 12.2. The molecule has 0 fully saturated rings. The zero-order valence-corrected chi connectivity index (χ0v) is 17.4. The first kappa shape index (κ1) is 21.0. The summed E-state index contributed by atoms with van der Waals surface area (Å²) in [4.78, 5) is 24.4. The Morgan fingerprint density at radius 3 is 2.59 bits per heavy atom. The number of nitrogens with one attached hydrogen (secondary N) is 2. The summed E-state index contributed by atoms with van der Waals surface area (Å²) in [5, 5.41) is 5.66. The predicted octanol–water partition coefficient (Wildman–Crippen LogP) is 4.56. The van der Waals surface area contributed by atoms with Gasteiger partial charge in [-0.15, -0.1) is 0 Å². The van der Waals surface area contributed by atoms with Crippen molar-refractivity contribution in [2.45, 2.75) is 39.7 Å². The van der Waals surface area contributed by atoms with E-state index in [9.17, 15) is 9.59 Å². The van der Waals surface area contributed by atoms with Crippen LogP contribution in [-0.4, -0.2) is 24.5 Å². The van der Waals surface area contributed by atoms with E-state index in [-0.39, 0.29) is 24.5 Å². The largest absolute Gasteiger partial charge is 0.483 e. The quantitative estimate of drug-likeness (QED) is 0.642. The van der Waals surface area contributed by atoms with Crippen molar-refractivity contribution in [2.24, 2.45) is 0 Å². The minimum atomic E-state index is -0.291. The van der Waals surface area contributed by atoms with Crippen LogP contribution < -0.4 is 15.4 Å². The topological polar surface area (TPSA) is 67.4 Å². The predicted molar refractivity (Wildman–Crippen MR) is 111 cm³/mol. The maximum absolute atomic E-state index is 12.2. The molecule has 0 aliphatic rings. The highest BCUT2D eigenvalue weighted by Crippen LogP contribution is 2.26. The van der Waals surface area contributed by atoms with Crippen molar-refractivity contribution in [3.05, 3.63) is 58.1 Å². The van der Waals surface area contributed by atoms with E-state index in [0.29, 0.717) is 17.0 Å². The van der Waals surface area contributed by atoms with Gasteiger partial charge >= 0.3 is 0 Å². The molecule has 0 saturated heterocycles. The summed E-state index contributed by atoms with van der Waals surface area (Å²) < 4.78 is 6.39. The molecule has 6 heteroatoms. The lowest BCUT2D eigenvalue weighted by Crippen LogP contribution is -2.32. The number of hydrogen-bond acceptors (Lipinski definition) is 3. The number of ether oxygens (including phenoxy) is 1. The molecular formula is C21H25BrN2O3. The number of carbonyl (C=O) groups excluding carboxylic acids is 2. The fourth-order valence-corrected chi connectivity index (χ4v) is 2.91. The highest BCUT2D eigenvalue weighted by atomic mass is 79.9. The third kappa shape index (κ3) is 6.40. The van der Waals surface area contributed by atoms with Crippen LogP contribution in [0, 0.1) is 0 Å². The fraction of sp³-hybridized carbons (Fsp3) is 0.333. The fourth-order valence-electron chi connectivity index (χ4n) is 2.37. The smallest absolute Gasteiger partial charge is 0.262 e. The van der Waals surface area contributed by atoms with Crippen LogP contribution in [0.5, 0.6) is 5.75 Å². The van der Waals surface area contributed by atoms with Crippen molar-refractivity contribution >= 4 is 33.4 Å². The number of halogens is 1. The van der Waals surface area contributed by atoms with Crippen LogP contribution >= 0.6 is 15.9 Å². The first-order chi connectivity index (χ1) is 12.9. The first-order valence-electron chi connectivity index (χ1n) is 9.05. The average molecular weight is 433 g/mol. The molecule has 2 N–H and O–H groups in total. The van der Waals surface area contributed by atoms with Gasteiger partial charge in [0.1, 0.15) is 5.75 Å². The molecule has 1 atom stereocenters. The molecule has 27 heavy (non-hydrogen) atoms. The first-order valence-corrected chi connectivity index (χ1v) is 9.84. The molecule has 0 heterocycles. The summed E-state index contributed by atoms with van der Waals surface area (Å²) in [5.74, 6) is 0.168. The second-order valence-corrected chi connectivity index (χ2v) is 7.17.